The highest BCUT2D eigenvalue weighted by molar-refractivity contribution is 5.87. The molecule has 1 aliphatic rings. The molecule has 7 nitrogen and oxygen atoms in total. The van der Waals surface area contributed by atoms with Crippen molar-refractivity contribution in [2.45, 2.75) is 32.0 Å². The third-order valence-electron chi connectivity index (χ3n) is 4.73. The second-order valence-corrected chi connectivity index (χ2v) is 6.94. The lowest BCUT2D eigenvalue weighted by Gasteiger charge is -2.14. The highest BCUT2D eigenvalue weighted by atomic mass is 16.5. The van der Waals surface area contributed by atoms with Gasteiger partial charge in [0.25, 0.3) is 5.91 Å². The lowest BCUT2D eigenvalue weighted by atomic mass is 10.1. The molecule has 1 heterocycles. The largest absolute Gasteiger partial charge is 0.483 e. The van der Waals surface area contributed by atoms with Gasteiger partial charge >= 0.3 is 5.97 Å². The van der Waals surface area contributed by atoms with Crippen molar-refractivity contribution in [2.75, 3.05) is 19.8 Å². The van der Waals surface area contributed by atoms with E-state index < -0.39 is 5.97 Å². The number of rotatable bonds is 10. The molecular formula is C22H26N2O5. The van der Waals surface area contributed by atoms with Crippen LogP contribution in [0.4, 0.5) is 0 Å². The Labute approximate surface area is 170 Å². The summed E-state index contributed by atoms with van der Waals surface area (Å²) in [5.74, 6) is -0.439. The molecule has 1 saturated heterocycles. The maximum Gasteiger partial charge on any atom is 0.335 e. The molecule has 0 radical (unpaired) electrons. The van der Waals surface area contributed by atoms with Gasteiger partial charge in [-0.2, -0.15) is 0 Å². The van der Waals surface area contributed by atoms with Gasteiger partial charge in [-0.25, -0.2) is 4.79 Å². The zero-order valence-corrected chi connectivity index (χ0v) is 16.2. The van der Waals surface area contributed by atoms with Gasteiger partial charge in [-0.15, -0.1) is 0 Å². The molecule has 7 heteroatoms. The van der Waals surface area contributed by atoms with Crippen LogP contribution < -0.4 is 15.4 Å². The Morgan fingerprint density at radius 1 is 1.10 bits per heavy atom. The molecule has 1 aliphatic heterocycles. The third-order valence-corrected chi connectivity index (χ3v) is 4.73. The molecule has 1 amide bonds. The molecular weight excluding hydrogens is 372 g/mol. The van der Waals surface area contributed by atoms with E-state index >= 15 is 0 Å². The number of carbonyl (C=O) groups is 2. The van der Waals surface area contributed by atoms with Gasteiger partial charge in [0.2, 0.25) is 0 Å². The standard InChI is InChI=1S/C22H26N2O5/c25-21(24-14-19-5-3-11-28-19)15-29-20-6-2-1-4-18(20)13-23-12-16-7-9-17(10-8-16)22(26)27/h1-2,4,6-10,19,23H,3,5,11-15H2,(H,24,25)(H,26,27). The number of para-hydroxylation sites is 1. The van der Waals surface area contributed by atoms with Gasteiger partial charge in [0.05, 0.1) is 11.7 Å². The quantitative estimate of drug-likeness (QED) is 0.569. The SMILES string of the molecule is O=C(COc1ccccc1CNCc1ccc(C(=O)O)cc1)NCC1CCCO1. The van der Waals surface area contributed by atoms with E-state index in [0.717, 1.165) is 30.6 Å². The van der Waals surface area contributed by atoms with Crippen LogP contribution in [0.5, 0.6) is 5.75 Å². The summed E-state index contributed by atoms with van der Waals surface area (Å²) in [5, 5.41) is 15.1. The zero-order chi connectivity index (χ0) is 20.5. The second kappa shape index (κ2) is 10.6. The van der Waals surface area contributed by atoms with Crippen LogP contribution in [0.2, 0.25) is 0 Å². The Bertz CT molecular complexity index is 816. The minimum Gasteiger partial charge on any atom is -0.483 e. The molecule has 29 heavy (non-hydrogen) atoms. The van der Waals surface area contributed by atoms with Gasteiger partial charge in [0.1, 0.15) is 5.75 Å². The molecule has 0 saturated carbocycles. The predicted molar refractivity (Wildman–Crippen MR) is 108 cm³/mol. The normalized spacial score (nSPS) is 15.8. The molecule has 0 aliphatic carbocycles. The second-order valence-electron chi connectivity index (χ2n) is 6.94. The monoisotopic (exact) mass is 398 g/mol. The minimum absolute atomic E-state index is 0.0413. The summed E-state index contributed by atoms with van der Waals surface area (Å²) in [5.41, 5.74) is 2.20. The minimum atomic E-state index is -0.935. The highest BCUT2D eigenvalue weighted by Crippen LogP contribution is 2.18. The van der Waals surface area contributed by atoms with Gasteiger partial charge in [-0.1, -0.05) is 30.3 Å². The Balaban J connectivity index is 1.44. The van der Waals surface area contributed by atoms with Crippen LogP contribution in [0.1, 0.15) is 34.3 Å². The number of ether oxygens (including phenoxy) is 2. The molecule has 1 atom stereocenters. The van der Waals surface area contributed by atoms with Crippen LogP contribution in [0.25, 0.3) is 0 Å². The highest BCUT2D eigenvalue weighted by Gasteiger charge is 2.16. The Morgan fingerprint density at radius 2 is 1.90 bits per heavy atom. The van der Waals surface area contributed by atoms with Crippen molar-refractivity contribution in [2.24, 2.45) is 0 Å². The van der Waals surface area contributed by atoms with Crippen LogP contribution in [-0.2, 0) is 22.6 Å². The van der Waals surface area contributed by atoms with Gasteiger partial charge in [0.15, 0.2) is 6.61 Å². The van der Waals surface area contributed by atoms with Gasteiger partial charge in [-0.05, 0) is 36.6 Å². The Morgan fingerprint density at radius 3 is 2.62 bits per heavy atom. The van der Waals surface area contributed by atoms with E-state index in [0.29, 0.717) is 25.4 Å². The maximum absolute atomic E-state index is 12.0. The summed E-state index contributed by atoms with van der Waals surface area (Å²) in [7, 11) is 0. The van der Waals surface area contributed by atoms with Gasteiger partial charge in [0, 0.05) is 31.8 Å². The summed E-state index contributed by atoms with van der Waals surface area (Å²) in [6, 6.07) is 14.3. The van der Waals surface area contributed by atoms with E-state index in [1.807, 2.05) is 24.3 Å². The number of carbonyl (C=O) groups excluding carboxylic acids is 1. The summed E-state index contributed by atoms with van der Waals surface area (Å²) in [6.07, 6.45) is 2.13. The zero-order valence-electron chi connectivity index (χ0n) is 16.2. The Hall–Kier alpha value is -2.90. The number of hydrogen-bond acceptors (Lipinski definition) is 5. The topological polar surface area (TPSA) is 96.9 Å². The van der Waals surface area contributed by atoms with Crippen molar-refractivity contribution in [1.82, 2.24) is 10.6 Å². The first kappa shape index (κ1) is 20.8. The van der Waals surface area contributed by atoms with E-state index in [2.05, 4.69) is 10.6 Å². The molecule has 1 fully saturated rings. The number of hydrogen-bond donors (Lipinski definition) is 3. The fourth-order valence-corrected chi connectivity index (χ4v) is 3.12. The lowest BCUT2D eigenvalue weighted by molar-refractivity contribution is -0.123. The summed E-state index contributed by atoms with van der Waals surface area (Å²) >= 11 is 0. The van der Waals surface area contributed by atoms with Crippen molar-refractivity contribution in [3.63, 3.8) is 0 Å². The van der Waals surface area contributed by atoms with Crippen LogP contribution in [-0.4, -0.2) is 42.8 Å². The van der Waals surface area contributed by atoms with Crippen molar-refractivity contribution in [3.8, 4) is 5.75 Å². The first-order valence-electron chi connectivity index (χ1n) is 9.74. The van der Waals surface area contributed by atoms with Gasteiger partial charge in [-0.3, -0.25) is 4.79 Å². The molecule has 1 unspecified atom stereocenters. The third kappa shape index (κ3) is 6.58. The van der Waals surface area contributed by atoms with Crippen molar-refractivity contribution in [3.05, 3.63) is 65.2 Å². The van der Waals surface area contributed by atoms with E-state index in [1.54, 1.807) is 24.3 Å². The summed E-state index contributed by atoms with van der Waals surface area (Å²) < 4.78 is 11.2. The first-order valence-corrected chi connectivity index (χ1v) is 9.74. The predicted octanol–water partition coefficient (Wildman–Crippen LogP) is 2.35. The van der Waals surface area contributed by atoms with E-state index in [1.165, 1.54) is 0 Å². The molecule has 0 aromatic heterocycles. The number of nitrogens with one attached hydrogen (secondary N) is 2. The smallest absolute Gasteiger partial charge is 0.335 e. The van der Waals surface area contributed by atoms with Crippen LogP contribution in [0.15, 0.2) is 48.5 Å². The van der Waals surface area contributed by atoms with Crippen molar-refractivity contribution >= 4 is 11.9 Å². The maximum atomic E-state index is 12.0. The number of benzene rings is 2. The summed E-state index contributed by atoms with van der Waals surface area (Å²) in [6.45, 7) is 2.40. The number of amides is 1. The first-order chi connectivity index (χ1) is 14.1. The number of carboxylic acid groups (broad SMARTS) is 1. The van der Waals surface area contributed by atoms with Crippen LogP contribution in [0, 0.1) is 0 Å². The molecule has 2 aromatic rings. The average Bonchev–Trinajstić information content (AvgIpc) is 3.25. The van der Waals surface area contributed by atoms with E-state index in [4.69, 9.17) is 14.6 Å². The van der Waals surface area contributed by atoms with Crippen molar-refractivity contribution < 1.29 is 24.2 Å². The lowest BCUT2D eigenvalue weighted by Crippen LogP contribution is -2.35. The number of aromatic carboxylic acids is 1. The average molecular weight is 398 g/mol. The van der Waals surface area contributed by atoms with Crippen LogP contribution >= 0.6 is 0 Å². The molecule has 0 spiro atoms. The van der Waals surface area contributed by atoms with E-state index in [9.17, 15) is 9.59 Å². The Kier molecular flexibility index (Phi) is 7.61. The fraction of sp³-hybridized carbons (Fsp3) is 0.364. The van der Waals surface area contributed by atoms with Gasteiger partial charge < -0.3 is 25.2 Å². The van der Waals surface area contributed by atoms with Crippen molar-refractivity contribution in [1.29, 1.82) is 0 Å². The molecule has 2 aromatic carbocycles. The molecule has 3 rings (SSSR count). The van der Waals surface area contributed by atoms with Crippen LogP contribution in [0.3, 0.4) is 0 Å². The number of carboxylic acids is 1. The molecule has 154 valence electrons. The summed E-state index contributed by atoms with van der Waals surface area (Å²) in [4.78, 5) is 22.9. The van der Waals surface area contributed by atoms with E-state index in [-0.39, 0.29) is 24.2 Å². The molecule has 3 N–H and O–H groups in total. The fourth-order valence-electron chi connectivity index (χ4n) is 3.12. The molecule has 0 bridgehead atoms.